The summed E-state index contributed by atoms with van der Waals surface area (Å²) in [5.74, 6) is -0.394. The number of carbonyl (C=O) groups is 2. The number of ether oxygens (including phenoxy) is 1. The van der Waals surface area contributed by atoms with Gasteiger partial charge in [-0.1, -0.05) is 18.2 Å². The molecule has 0 spiro atoms. The lowest BCUT2D eigenvalue weighted by molar-refractivity contribution is -0.122. The molecule has 0 bridgehead atoms. The first kappa shape index (κ1) is 20.0. The maximum atomic E-state index is 12.4. The molecule has 3 rings (SSSR count). The molecule has 1 aromatic carbocycles. The normalized spacial score (nSPS) is 14.7. The number of morpholine rings is 1. The highest BCUT2D eigenvalue weighted by atomic mass is 16.5. The van der Waals surface area contributed by atoms with E-state index in [-0.39, 0.29) is 36.9 Å². The third-order valence-corrected chi connectivity index (χ3v) is 4.73. The molecule has 1 aliphatic rings. The number of amides is 2. The van der Waals surface area contributed by atoms with E-state index in [1.54, 1.807) is 18.3 Å². The summed E-state index contributed by atoms with van der Waals surface area (Å²) >= 11 is 0. The van der Waals surface area contributed by atoms with Gasteiger partial charge in [0.25, 0.3) is 5.56 Å². The molecule has 0 saturated carbocycles. The summed E-state index contributed by atoms with van der Waals surface area (Å²) in [6.45, 7) is 4.80. The van der Waals surface area contributed by atoms with E-state index in [0.717, 1.165) is 38.2 Å². The molecule has 0 atom stereocenters. The molecule has 1 fully saturated rings. The van der Waals surface area contributed by atoms with E-state index in [2.05, 4.69) is 15.5 Å². The summed E-state index contributed by atoms with van der Waals surface area (Å²) in [4.78, 5) is 38.6. The van der Waals surface area contributed by atoms with Crippen molar-refractivity contribution in [1.29, 1.82) is 0 Å². The lowest BCUT2D eigenvalue weighted by Crippen LogP contribution is -2.41. The largest absolute Gasteiger partial charge is 0.379 e. The van der Waals surface area contributed by atoms with Gasteiger partial charge in [-0.3, -0.25) is 19.3 Å². The van der Waals surface area contributed by atoms with Crippen molar-refractivity contribution in [1.82, 2.24) is 20.1 Å². The van der Waals surface area contributed by atoms with Crippen molar-refractivity contribution in [3.8, 4) is 0 Å². The number of hydrogen-bond acceptors (Lipinski definition) is 5. The number of rotatable bonds is 8. The van der Waals surface area contributed by atoms with Gasteiger partial charge in [0.05, 0.1) is 13.2 Å². The number of benzene rings is 1. The fourth-order valence-electron chi connectivity index (χ4n) is 3.15. The molecular formula is C20H26N4O4. The minimum Gasteiger partial charge on any atom is -0.379 e. The van der Waals surface area contributed by atoms with Crippen LogP contribution in [0.2, 0.25) is 0 Å². The van der Waals surface area contributed by atoms with Crippen molar-refractivity contribution in [2.45, 2.75) is 13.0 Å². The van der Waals surface area contributed by atoms with Crippen LogP contribution in [0, 0.1) is 0 Å². The van der Waals surface area contributed by atoms with Gasteiger partial charge in [0.2, 0.25) is 11.8 Å². The van der Waals surface area contributed by atoms with Crippen molar-refractivity contribution in [2.24, 2.45) is 0 Å². The smallest absolute Gasteiger partial charge is 0.258 e. The van der Waals surface area contributed by atoms with Gasteiger partial charge in [-0.2, -0.15) is 0 Å². The van der Waals surface area contributed by atoms with E-state index < -0.39 is 0 Å². The van der Waals surface area contributed by atoms with Gasteiger partial charge in [0.15, 0.2) is 0 Å². The van der Waals surface area contributed by atoms with E-state index in [4.69, 9.17) is 4.74 Å². The fourth-order valence-corrected chi connectivity index (χ4v) is 3.15. The average molecular weight is 386 g/mol. The maximum Gasteiger partial charge on any atom is 0.258 e. The molecule has 8 heteroatoms. The highest BCUT2D eigenvalue weighted by Gasteiger charge is 2.11. The van der Waals surface area contributed by atoms with E-state index in [1.165, 1.54) is 4.57 Å². The minimum absolute atomic E-state index is 0.0671. The third kappa shape index (κ3) is 5.64. The second-order valence-electron chi connectivity index (χ2n) is 6.74. The Morgan fingerprint density at radius 3 is 2.57 bits per heavy atom. The molecule has 150 valence electrons. The van der Waals surface area contributed by atoms with Crippen molar-refractivity contribution in [3.63, 3.8) is 0 Å². The van der Waals surface area contributed by atoms with Gasteiger partial charge in [0, 0.05) is 50.7 Å². The summed E-state index contributed by atoms with van der Waals surface area (Å²) in [5, 5.41) is 6.97. The molecule has 2 heterocycles. The summed E-state index contributed by atoms with van der Waals surface area (Å²) in [6.07, 6.45) is 1.82. The Bertz CT molecular complexity index is 874. The molecular weight excluding hydrogens is 360 g/mol. The zero-order chi connectivity index (χ0) is 19.8. The van der Waals surface area contributed by atoms with Gasteiger partial charge in [-0.15, -0.1) is 0 Å². The Balaban J connectivity index is 1.37. The molecule has 1 saturated heterocycles. The molecule has 2 aromatic rings. The zero-order valence-corrected chi connectivity index (χ0v) is 15.9. The standard InChI is InChI=1S/C20H26N4O4/c25-18(22-8-10-23-11-13-28-14-12-23)5-7-21-19(26)15-24-9-6-16-3-1-2-4-17(16)20(24)27/h1-4,6,9H,5,7-8,10-15H2,(H,21,26)(H,22,25). The Kier molecular flexibility index (Phi) is 7.16. The summed E-state index contributed by atoms with van der Waals surface area (Å²) in [5.41, 5.74) is -0.200. The second kappa shape index (κ2) is 10.0. The average Bonchev–Trinajstić information content (AvgIpc) is 2.71. The molecule has 28 heavy (non-hydrogen) atoms. The number of pyridine rings is 1. The molecule has 1 aliphatic heterocycles. The van der Waals surface area contributed by atoms with Crippen molar-refractivity contribution >= 4 is 22.6 Å². The first-order valence-electron chi connectivity index (χ1n) is 9.55. The van der Waals surface area contributed by atoms with Gasteiger partial charge in [0.1, 0.15) is 6.54 Å². The molecule has 0 aliphatic carbocycles. The van der Waals surface area contributed by atoms with Gasteiger partial charge in [-0.05, 0) is 17.5 Å². The van der Waals surface area contributed by atoms with Crippen LogP contribution in [-0.2, 0) is 20.9 Å². The lowest BCUT2D eigenvalue weighted by Gasteiger charge is -2.26. The quantitative estimate of drug-likeness (QED) is 0.664. The van der Waals surface area contributed by atoms with E-state index in [1.807, 2.05) is 18.2 Å². The summed E-state index contributed by atoms with van der Waals surface area (Å²) < 4.78 is 6.66. The van der Waals surface area contributed by atoms with Gasteiger partial charge >= 0.3 is 0 Å². The molecule has 1 aromatic heterocycles. The van der Waals surface area contributed by atoms with Crippen molar-refractivity contribution in [3.05, 3.63) is 46.9 Å². The van der Waals surface area contributed by atoms with Crippen molar-refractivity contribution in [2.75, 3.05) is 45.9 Å². The van der Waals surface area contributed by atoms with Gasteiger partial charge < -0.3 is 19.9 Å². The van der Waals surface area contributed by atoms with Crippen LogP contribution in [0.15, 0.2) is 41.3 Å². The number of aromatic nitrogens is 1. The van der Waals surface area contributed by atoms with Crippen LogP contribution in [0.4, 0.5) is 0 Å². The van der Waals surface area contributed by atoms with Crippen molar-refractivity contribution < 1.29 is 14.3 Å². The second-order valence-corrected chi connectivity index (χ2v) is 6.74. The third-order valence-electron chi connectivity index (χ3n) is 4.73. The predicted octanol–water partition coefficient (Wildman–Crippen LogP) is -0.0438. The highest BCUT2D eigenvalue weighted by molar-refractivity contribution is 5.82. The first-order valence-corrected chi connectivity index (χ1v) is 9.55. The lowest BCUT2D eigenvalue weighted by atomic mass is 10.2. The van der Waals surface area contributed by atoms with Crippen LogP contribution < -0.4 is 16.2 Å². The molecule has 0 unspecified atom stereocenters. The topological polar surface area (TPSA) is 92.7 Å². The molecule has 8 nitrogen and oxygen atoms in total. The van der Waals surface area contributed by atoms with E-state index >= 15 is 0 Å². The number of nitrogens with one attached hydrogen (secondary N) is 2. The highest BCUT2D eigenvalue weighted by Crippen LogP contribution is 2.07. The van der Waals surface area contributed by atoms with Crippen LogP contribution in [0.25, 0.3) is 10.8 Å². The van der Waals surface area contributed by atoms with Crippen LogP contribution in [-0.4, -0.2) is 67.2 Å². The Morgan fingerprint density at radius 2 is 1.75 bits per heavy atom. The van der Waals surface area contributed by atoms with E-state index in [0.29, 0.717) is 11.9 Å². The molecule has 2 amide bonds. The number of nitrogens with zero attached hydrogens (tertiary/aromatic N) is 2. The first-order chi connectivity index (χ1) is 13.6. The molecule has 2 N–H and O–H groups in total. The Hall–Kier alpha value is -2.71. The number of hydrogen-bond donors (Lipinski definition) is 2. The van der Waals surface area contributed by atoms with Crippen LogP contribution >= 0.6 is 0 Å². The zero-order valence-electron chi connectivity index (χ0n) is 15.9. The Labute approximate surface area is 163 Å². The van der Waals surface area contributed by atoms with Crippen LogP contribution in [0.3, 0.4) is 0 Å². The monoisotopic (exact) mass is 386 g/mol. The summed E-state index contributed by atoms with van der Waals surface area (Å²) in [6, 6.07) is 9.08. The maximum absolute atomic E-state index is 12.4. The van der Waals surface area contributed by atoms with Crippen LogP contribution in [0.1, 0.15) is 6.42 Å². The minimum atomic E-state index is -0.293. The van der Waals surface area contributed by atoms with Gasteiger partial charge in [-0.25, -0.2) is 0 Å². The predicted molar refractivity (Wildman–Crippen MR) is 106 cm³/mol. The van der Waals surface area contributed by atoms with E-state index in [9.17, 15) is 14.4 Å². The number of fused-ring (bicyclic) bond motifs is 1. The number of carbonyl (C=O) groups excluding carboxylic acids is 2. The SMILES string of the molecule is O=C(CCNC(=O)Cn1ccc2ccccc2c1=O)NCCN1CCOCC1. The molecule has 0 radical (unpaired) electrons. The summed E-state index contributed by atoms with van der Waals surface area (Å²) in [7, 11) is 0. The fraction of sp³-hybridized carbons (Fsp3) is 0.450. The van der Waals surface area contributed by atoms with Crippen LogP contribution in [0.5, 0.6) is 0 Å². The Morgan fingerprint density at radius 1 is 1.00 bits per heavy atom.